The fourth-order valence-corrected chi connectivity index (χ4v) is 20.4. The third kappa shape index (κ3) is 12.5. The molecule has 0 atom stereocenters. The summed E-state index contributed by atoms with van der Waals surface area (Å²) < 4.78 is 5.43. The Hall–Kier alpha value is -10.6. The van der Waals surface area contributed by atoms with Gasteiger partial charge in [0.1, 0.15) is 0 Å². The molecular weight excluding hydrogens is 1300 g/mol. The van der Waals surface area contributed by atoms with Crippen LogP contribution in [-0.2, 0) is 40.8 Å². The van der Waals surface area contributed by atoms with Crippen LogP contribution in [0.2, 0.25) is 0 Å². The molecule has 0 radical (unpaired) electrons. The molecule has 2 N–H and O–H groups in total. The Labute approximate surface area is 625 Å². The fourth-order valence-electron chi connectivity index (χ4n) is 20.4. The van der Waals surface area contributed by atoms with Crippen LogP contribution in [0.5, 0.6) is 0 Å². The van der Waals surface area contributed by atoms with Crippen LogP contribution >= 0.6 is 0 Å². The number of esters is 1. The van der Waals surface area contributed by atoms with Gasteiger partial charge in [-0.3, -0.25) is 4.79 Å². The topological polar surface area (TPSA) is 101 Å². The van der Waals surface area contributed by atoms with Crippen molar-refractivity contribution in [1.29, 1.82) is 0 Å². The summed E-state index contributed by atoms with van der Waals surface area (Å²) in [6, 6.07) is 107. The van der Waals surface area contributed by atoms with Gasteiger partial charge in [-0.05, 0) is 217 Å². The summed E-state index contributed by atoms with van der Waals surface area (Å²) in [4.78, 5) is 29.0. The molecule has 6 heteroatoms. The molecule has 106 heavy (non-hydrogen) atoms. The zero-order chi connectivity index (χ0) is 72.7. The first-order valence-electron chi connectivity index (χ1n) is 38.7. The Morgan fingerprint density at radius 1 is 0.302 bits per heavy atom. The van der Waals surface area contributed by atoms with Gasteiger partial charge in [0.15, 0.2) is 0 Å². The number of hydrogen-bond acceptors (Lipinski definition) is 6. The van der Waals surface area contributed by atoms with E-state index in [9.17, 15) is 15.0 Å². The van der Waals surface area contributed by atoms with E-state index in [1.807, 2.05) is 6.92 Å². The van der Waals surface area contributed by atoms with Gasteiger partial charge < -0.3 is 14.9 Å². The lowest BCUT2D eigenvalue weighted by molar-refractivity contribution is -0.191. The van der Waals surface area contributed by atoms with Crippen LogP contribution in [0.3, 0.4) is 0 Å². The highest BCUT2D eigenvalue weighted by atomic mass is 16.5. The van der Waals surface area contributed by atoms with Gasteiger partial charge in [-0.1, -0.05) is 311 Å². The number of ether oxygens (including phenoxy) is 1. The Balaban J connectivity index is 0.000000126. The molecule has 0 heterocycles. The van der Waals surface area contributed by atoms with E-state index in [0.717, 1.165) is 64.2 Å². The van der Waals surface area contributed by atoms with Crippen LogP contribution < -0.4 is 0 Å². The summed E-state index contributed by atoms with van der Waals surface area (Å²) in [7, 11) is 0. The molecule has 0 spiro atoms. The number of rotatable bonds is 22. The summed E-state index contributed by atoms with van der Waals surface area (Å²) in [5, 5.41) is 19.8. The molecule has 0 fully saturated rings. The zero-order valence-corrected chi connectivity index (χ0v) is 61.1. The average molecular weight is 1390 g/mol. The summed E-state index contributed by atoms with van der Waals surface area (Å²) in [5.74, 6) is 0.913. The first-order chi connectivity index (χ1) is 52.2. The zero-order valence-electron chi connectivity index (χ0n) is 61.1. The molecule has 0 aromatic heterocycles. The predicted molar refractivity (Wildman–Crippen MR) is 429 cm³/mol. The number of hydrogen-bond donors (Lipinski definition) is 2. The van der Waals surface area contributed by atoms with E-state index in [4.69, 9.17) is 14.3 Å². The van der Waals surface area contributed by atoms with Crippen LogP contribution in [0.1, 0.15) is 189 Å². The second-order valence-corrected chi connectivity index (χ2v) is 29.9. The third-order valence-corrected chi connectivity index (χ3v) is 24.9. The smallest absolute Gasteiger partial charge is 0.373 e. The molecule has 6 aliphatic rings. The molecule has 0 bridgehead atoms. The number of aliphatic hydroxyl groups excluding tert-OH is 2. The Morgan fingerprint density at radius 2 is 0.509 bits per heavy atom. The molecule has 0 saturated heterocycles. The Morgan fingerprint density at radius 3 is 0.736 bits per heavy atom. The van der Waals surface area contributed by atoms with E-state index in [1.54, 1.807) is 0 Å². The van der Waals surface area contributed by atoms with Crippen molar-refractivity contribution < 1.29 is 29.3 Å². The summed E-state index contributed by atoms with van der Waals surface area (Å²) in [5.41, 5.74) is 33.2. The molecule has 0 saturated carbocycles. The molecule has 0 aliphatic heterocycles. The van der Waals surface area contributed by atoms with Gasteiger partial charge >= 0.3 is 12.1 Å². The van der Waals surface area contributed by atoms with Gasteiger partial charge in [0, 0.05) is 53.1 Å². The van der Waals surface area contributed by atoms with Crippen molar-refractivity contribution in [2.45, 2.75) is 144 Å². The lowest BCUT2D eigenvalue weighted by Crippen LogP contribution is -2.33. The summed E-state index contributed by atoms with van der Waals surface area (Å²) >= 11 is 0. The number of carbonyl (C=O) groups excluding carboxylic acids is 3. The minimum absolute atomic E-state index is 0.0351. The second-order valence-electron chi connectivity index (χ2n) is 29.9. The number of carbonyl (C=O) groups is 1. The van der Waals surface area contributed by atoms with Crippen LogP contribution in [0, 0.1) is 0 Å². The monoisotopic (exact) mass is 1390 g/mol. The van der Waals surface area contributed by atoms with Gasteiger partial charge in [-0.25, -0.2) is 0 Å². The maximum atomic E-state index is 12.7. The highest BCUT2D eigenvalue weighted by Gasteiger charge is 2.50. The average Bonchev–Trinajstić information content (AvgIpc) is 1.56. The van der Waals surface area contributed by atoms with Crippen LogP contribution in [0.25, 0.3) is 66.8 Å². The lowest BCUT2D eigenvalue weighted by atomic mass is 9.64. The van der Waals surface area contributed by atoms with E-state index in [2.05, 4.69) is 298 Å². The minimum Gasteiger partial charge on any atom is -0.466 e. The van der Waals surface area contributed by atoms with Crippen LogP contribution in [0.15, 0.2) is 291 Å². The van der Waals surface area contributed by atoms with Crippen molar-refractivity contribution in [3.05, 3.63) is 358 Å². The van der Waals surface area contributed by atoms with Crippen molar-refractivity contribution >= 4 is 12.1 Å². The second kappa shape index (κ2) is 31.2. The third-order valence-electron chi connectivity index (χ3n) is 24.9. The number of benzene rings is 12. The predicted octanol–water partition coefficient (Wildman–Crippen LogP) is 23.3. The maximum Gasteiger partial charge on any atom is 0.373 e. The molecular formula is C100H94O6. The van der Waals surface area contributed by atoms with Crippen LogP contribution in [0.4, 0.5) is 0 Å². The normalized spacial score (nSPS) is 14.8. The van der Waals surface area contributed by atoms with Crippen molar-refractivity contribution in [2.75, 3.05) is 19.8 Å². The quantitative estimate of drug-likeness (QED) is 0.0656. The standard InChI is InChI=1S/C37H38O2.C34H34O2.C28H22.CO2/c1-3-5-23-36(31-18-10-6-14-27(31)28-15-7-11-19-32(28)36)25-26-37(24-22-35(38)39-4-2)33-20-12-8-16-29(33)30-17-9-13-21-34(30)37;35-23-9-19-33(29-15-5-1-11-25(29)26-12-2-6-16-30(26)33)21-22-34(20-10-24-36)31-17-7-3-13-27(31)28-14-4-8-18-32(28)34;1-5-13-23-19(9-1)20-10-2-6-14-24(20)27(23)17-18-28-25-15-7-3-11-21(25)22-12-4-8-16-26(22)28;2-1-3/h6-21H,3-5,22-26H2,1-2H3;1-8,11-18,35-36H,9-10,19-24H2;1-16,27-28H,17-18H2;. The van der Waals surface area contributed by atoms with Crippen molar-refractivity contribution in [3.63, 3.8) is 0 Å². The lowest BCUT2D eigenvalue weighted by Gasteiger charge is -2.39. The number of unbranched alkanes of at least 4 members (excludes halogenated alkanes) is 1. The molecule has 6 nitrogen and oxygen atoms in total. The molecule has 12 aromatic carbocycles. The number of aliphatic hydroxyl groups is 2. The maximum absolute atomic E-state index is 12.7. The van der Waals surface area contributed by atoms with Crippen molar-refractivity contribution in [2.24, 2.45) is 0 Å². The van der Waals surface area contributed by atoms with E-state index in [0.29, 0.717) is 24.9 Å². The first kappa shape index (κ1) is 71.0. The SMILES string of the molecule is CCCCC1(CCC2(CCC(=O)OCC)c3ccccc3-c3ccccc32)c2ccccc2-c2ccccc21.O=C=O.OCCCC1(CCC2(CCCO)c3ccccc3-c3ccccc32)c2ccccc2-c2ccccc21.c1ccc2c(c1)-c1ccccc1C2CCC1c2ccccc2-c2ccccc21. The highest BCUT2D eigenvalue weighted by Crippen LogP contribution is 2.62. The first-order valence-corrected chi connectivity index (χ1v) is 38.7. The van der Waals surface area contributed by atoms with Crippen LogP contribution in [-0.4, -0.2) is 42.2 Å². The van der Waals surface area contributed by atoms with Crippen molar-refractivity contribution in [1.82, 2.24) is 0 Å². The summed E-state index contributed by atoms with van der Waals surface area (Å²) in [6.07, 6.45) is 14.7. The van der Waals surface area contributed by atoms with E-state index in [-0.39, 0.29) is 47.0 Å². The van der Waals surface area contributed by atoms with Gasteiger partial charge in [-0.15, -0.1) is 0 Å². The van der Waals surface area contributed by atoms with E-state index in [1.165, 1.54) is 159 Å². The van der Waals surface area contributed by atoms with Gasteiger partial charge in [0.05, 0.1) is 6.61 Å². The minimum atomic E-state index is -0.231. The number of fused-ring (bicyclic) bond motifs is 18. The molecule has 0 amide bonds. The summed E-state index contributed by atoms with van der Waals surface area (Å²) in [6.45, 7) is 5.01. The van der Waals surface area contributed by atoms with E-state index < -0.39 is 0 Å². The Bertz CT molecular complexity index is 4710. The molecule has 530 valence electrons. The molecule has 6 aliphatic carbocycles. The molecule has 12 aromatic rings. The Kier molecular flexibility index (Phi) is 20.9. The molecule has 0 unspecified atom stereocenters. The highest BCUT2D eigenvalue weighted by molar-refractivity contribution is 5.86. The van der Waals surface area contributed by atoms with Gasteiger partial charge in [0.25, 0.3) is 0 Å². The van der Waals surface area contributed by atoms with Crippen molar-refractivity contribution in [3.8, 4) is 66.8 Å². The van der Waals surface area contributed by atoms with Gasteiger partial charge in [0.2, 0.25) is 0 Å². The van der Waals surface area contributed by atoms with Gasteiger partial charge in [-0.2, -0.15) is 9.59 Å². The van der Waals surface area contributed by atoms with E-state index >= 15 is 0 Å². The molecule has 18 rings (SSSR count). The largest absolute Gasteiger partial charge is 0.466 e. The fraction of sp³-hybridized carbons (Fsp3) is 0.260.